The maximum atomic E-state index is 5.03. The number of guanidine groups is 1. The number of likely N-dealkylation sites (N-methyl/N-ethyl adjacent to an activating group) is 1. The number of aliphatic imine (C=N–C) groups is 2. The van der Waals surface area contributed by atoms with Gasteiger partial charge in [0.1, 0.15) is 23.7 Å². The second kappa shape index (κ2) is 8.26. The van der Waals surface area contributed by atoms with E-state index < -0.39 is 0 Å². The van der Waals surface area contributed by atoms with Crippen LogP contribution in [0.2, 0.25) is 0 Å². The highest BCUT2D eigenvalue weighted by Crippen LogP contribution is 2.26. The third-order valence-electron chi connectivity index (χ3n) is 5.48. The predicted octanol–water partition coefficient (Wildman–Crippen LogP) is 1.57. The quantitative estimate of drug-likeness (QED) is 0.826. The predicted molar refractivity (Wildman–Crippen MR) is 114 cm³/mol. The van der Waals surface area contributed by atoms with E-state index in [-0.39, 0.29) is 12.1 Å². The Kier molecular flexibility index (Phi) is 5.57. The van der Waals surface area contributed by atoms with Crippen molar-refractivity contribution in [3.05, 3.63) is 23.9 Å². The van der Waals surface area contributed by atoms with Crippen molar-refractivity contribution < 1.29 is 0 Å². The lowest BCUT2D eigenvalue weighted by Crippen LogP contribution is -2.52. The van der Waals surface area contributed by atoms with Crippen molar-refractivity contribution in [3.63, 3.8) is 0 Å². The minimum Gasteiger partial charge on any atom is -0.339 e. The molecule has 2 atom stereocenters. The summed E-state index contributed by atoms with van der Waals surface area (Å²) in [7, 11) is 2.01. The Morgan fingerprint density at radius 2 is 2.04 bits per heavy atom. The van der Waals surface area contributed by atoms with E-state index in [2.05, 4.69) is 40.4 Å². The molecule has 3 aliphatic rings. The third kappa shape index (κ3) is 3.73. The molecule has 4 rings (SSSR count). The summed E-state index contributed by atoms with van der Waals surface area (Å²) in [5, 5.41) is 13.7. The van der Waals surface area contributed by atoms with Gasteiger partial charge >= 0.3 is 0 Å². The molecule has 0 spiro atoms. The zero-order valence-electron chi connectivity index (χ0n) is 17.0. The third-order valence-corrected chi connectivity index (χ3v) is 5.48. The zero-order valence-corrected chi connectivity index (χ0v) is 17.0. The van der Waals surface area contributed by atoms with Crippen LogP contribution in [0.15, 0.2) is 33.4 Å². The maximum Gasteiger partial charge on any atom is 0.223 e. The summed E-state index contributed by atoms with van der Waals surface area (Å²) in [5.41, 5.74) is 2.37. The van der Waals surface area contributed by atoms with E-state index in [1.165, 1.54) is 5.56 Å². The molecular formula is C20H30N8. The lowest BCUT2D eigenvalue weighted by atomic mass is 9.99. The second-order valence-corrected chi connectivity index (χ2v) is 7.50. The Labute approximate surface area is 166 Å². The minimum absolute atomic E-state index is 0.000803. The average molecular weight is 383 g/mol. The monoisotopic (exact) mass is 382 g/mol. The normalized spacial score (nSPS) is 24.5. The molecular weight excluding hydrogens is 352 g/mol. The van der Waals surface area contributed by atoms with Crippen LogP contribution < -0.4 is 10.6 Å². The van der Waals surface area contributed by atoms with Crippen molar-refractivity contribution in [1.29, 1.82) is 0 Å². The summed E-state index contributed by atoms with van der Waals surface area (Å²) in [6.07, 6.45) is 4.93. The van der Waals surface area contributed by atoms with Crippen LogP contribution in [0, 0.1) is 0 Å². The fraction of sp³-hybridized carbons (Fsp3) is 0.600. The highest BCUT2D eigenvalue weighted by atomic mass is 15.5. The van der Waals surface area contributed by atoms with Crippen LogP contribution in [0.4, 0.5) is 5.82 Å². The SMILES string of the molecule is CCCC1=NN(C)C2C(Nc3ccc(CC)cn3)=NC(N3CCNCC3)=NC12. The van der Waals surface area contributed by atoms with E-state index in [1.807, 2.05) is 24.3 Å². The Bertz CT molecular complexity index is 776. The maximum absolute atomic E-state index is 5.03. The van der Waals surface area contributed by atoms with Gasteiger partial charge in [-0.15, -0.1) is 0 Å². The lowest BCUT2D eigenvalue weighted by Gasteiger charge is -2.34. The molecule has 2 N–H and O–H groups in total. The highest BCUT2D eigenvalue weighted by molar-refractivity contribution is 6.12. The van der Waals surface area contributed by atoms with Crippen molar-refractivity contribution >= 4 is 23.3 Å². The van der Waals surface area contributed by atoms with E-state index in [0.29, 0.717) is 0 Å². The molecule has 1 saturated heterocycles. The van der Waals surface area contributed by atoms with Crippen LogP contribution >= 0.6 is 0 Å². The van der Waals surface area contributed by atoms with Gasteiger partial charge in [0.05, 0.1) is 5.71 Å². The number of aryl methyl sites for hydroxylation is 1. The minimum atomic E-state index is 0.000803. The molecule has 2 unspecified atom stereocenters. The summed E-state index contributed by atoms with van der Waals surface area (Å²) < 4.78 is 0. The first-order chi connectivity index (χ1) is 13.7. The van der Waals surface area contributed by atoms with E-state index in [0.717, 1.165) is 68.8 Å². The number of aromatic nitrogens is 1. The zero-order chi connectivity index (χ0) is 19.5. The van der Waals surface area contributed by atoms with Gasteiger partial charge in [-0.25, -0.2) is 9.98 Å². The number of fused-ring (bicyclic) bond motifs is 1. The van der Waals surface area contributed by atoms with Crippen molar-refractivity contribution in [2.24, 2.45) is 15.1 Å². The molecule has 0 aliphatic carbocycles. The molecule has 0 amide bonds. The summed E-state index contributed by atoms with van der Waals surface area (Å²) in [6, 6.07) is 4.15. The number of pyridine rings is 1. The number of amidine groups is 1. The standard InChI is InChI=1S/C20H30N8/c1-4-6-15-17-18(27(3)26-15)19(23-16-8-7-14(5-2)13-22-16)25-20(24-17)28-11-9-21-10-12-28/h7-8,13,17-18,21H,4-6,9-12H2,1-3H3,(H,22,23,24,25). The molecule has 0 radical (unpaired) electrons. The molecule has 1 aromatic heterocycles. The van der Waals surface area contributed by atoms with Crippen LogP contribution in [0.25, 0.3) is 0 Å². The number of piperazine rings is 1. The molecule has 0 saturated carbocycles. The van der Waals surface area contributed by atoms with Crippen LogP contribution in [-0.4, -0.2) is 77.7 Å². The first-order valence-corrected chi connectivity index (χ1v) is 10.3. The molecule has 3 aliphatic heterocycles. The highest BCUT2D eigenvalue weighted by Gasteiger charge is 2.42. The van der Waals surface area contributed by atoms with E-state index >= 15 is 0 Å². The van der Waals surface area contributed by atoms with Crippen LogP contribution in [0.1, 0.15) is 32.3 Å². The number of hydrazone groups is 1. The van der Waals surface area contributed by atoms with Gasteiger partial charge in [0.25, 0.3) is 0 Å². The smallest absolute Gasteiger partial charge is 0.223 e. The summed E-state index contributed by atoms with van der Waals surface area (Å²) >= 11 is 0. The summed E-state index contributed by atoms with van der Waals surface area (Å²) in [4.78, 5) is 16.8. The molecule has 1 aromatic rings. The molecule has 8 heteroatoms. The summed E-state index contributed by atoms with van der Waals surface area (Å²) in [5.74, 6) is 2.51. The Morgan fingerprint density at radius 3 is 2.71 bits per heavy atom. The first-order valence-electron chi connectivity index (χ1n) is 10.3. The number of nitrogens with one attached hydrogen (secondary N) is 2. The van der Waals surface area contributed by atoms with Gasteiger partial charge in [0.15, 0.2) is 0 Å². The molecule has 0 aromatic carbocycles. The second-order valence-electron chi connectivity index (χ2n) is 7.50. The number of nitrogens with zero attached hydrogens (tertiary/aromatic N) is 6. The van der Waals surface area contributed by atoms with E-state index in [9.17, 15) is 0 Å². The lowest BCUT2D eigenvalue weighted by molar-refractivity contribution is 0.321. The van der Waals surface area contributed by atoms with Gasteiger partial charge < -0.3 is 15.5 Å². The number of hydrogen-bond acceptors (Lipinski definition) is 8. The molecule has 150 valence electrons. The van der Waals surface area contributed by atoms with Gasteiger partial charge in [0, 0.05) is 39.4 Å². The Morgan fingerprint density at radius 1 is 1.21 bits per heavy atom. The largest absolute Gasteiger partial charge is 0.339 e. The van der Waals surface area contributed by atoms with Gasteiger partial charge in [-0.1, -0.05) is 26.3 Å². The first kappa shape index (κ1) is 18.9. The van der Waals surface area contributed by atoms with Crippen molar-refractivity contribution in [2.75, 3.05) is 38.5 Å². The molecule has 28 heavy (non-hydrogen) atoms. The van der Waals surface area contributed by atoms with Gasteiger partial charge in [0.2, 0.25) is 5.96 Å². The van der Waals surface area contributed by atoms with E-state index in [4.69, 9.17) is 15.1 Å². The van der Waals surface area contributed by atoms with Crippen molar-refractivity contribution in [1.82, 2.24) is 20.2 Å². The topological polar surface area (TPSA) is 80.5 Å². The molecule has 8 nitrogen and oxygen atoms in total. The van der Waals surface area contributed by atoms with Crippen molar-refractivity contribution in [3.8, 4) is 0 Å². The van der Waals surface area contributed by atoms with Crippen LogP contribution in [0.5, 0.6) is 0 Å². The molecule has 0 bridgehead atoms. The molecule has 4 heterocycles. The van der Waals surface area contributed by atoms with Crippen LogP contribution in [-0.2, 0) is 6.42 Å². The fourth-order valence-electron chi connectivity index (χ4n) is 3.92. The van der Waals surface area contributed by atoms with Gasteiger partial charge in [-0.2, -0.15) is 10.1 Å². The Balaban J connectivity index is 1.63. The van der Waals surface area contributed by atoms with Crippen LogP contribution in [0.3, 0.4) is 0 Å². The van der Waals surface area contributed by atoms with Gasteiger partial charge in [-0.05, 0) is 24.5 Å². The summed E-state index contributed by atoms with van der Waals surface area (Å²) in [6.45, 7) is 8.09. The Hall–Kier alpha value is -2.48. The number of hydrogen-bond donors (Lipinski definition) is 2. The average Bonchev–Trinajstić information content (AvgIpc) is 3.05. The number of rotatable bonds is 4. The van der Waals surface area contributed by atoms with Crippen molar-refractivity contribution in [2.45, 2.75) is 45.2 Å². The van der Waals surface area contributed by atoms with Gasteiger partial charge in [-0.3, -0.25) is 5.01 Å². The number of anilines is 1. The molecule has 1 fully saturated rings. The van der Waals surface area contributed by atoms with E-state index in [1.54, 1.807) is 0 Å². The fourth-order valence-corrected chi connectivity index (χ4v) is 3.92.